The molecule has 0 aromatic carbocycles. The molecule has 6 nitrogen and oxygen atoms in total. The highest BCUT2D eigenvalue weighted by atomic mass is 32.1. The molecule has 0 radical (unpaired) electrons. The van der Waals surface area contributed by atoms with Gasteiger partial charge in [0.15, 0.2) is 5.13 Å². The Morgan fingerprint density at radius 3 is 2.59 bits per heavy atom. The monoisotopic (exact) mass is 258 g/mol. The number of carboxylic acids is 2. The maximum Gasteiger partial charge on any atom is 0.304 e. The number of nitrogen functional groups attached to an aromatic ring is 1. The highest BCUT2D eigenvalue weighted by molar-refractivity contribution is 7.13. The van der Waals surface area contributed by atoms with E-state index in [9.17, 15) is 9.59 Å². The van der Waals surface area contributed by atoms with Gasteiger partial charge in [-0.2, -0.15) is 0 Å². The molecular formula is C10H14N2O4S. The number of rotatable bonds is 7. The van der Waals surface area contributed by atoms with Gasteiger partial charge in [0.05, 0.1) is 12.1 Å². The van der Waals surface area contributed by atoms with Crippen molar-refractivity contribution in [3.63, 3.8) is 0 Å². The van der Waals surface area contributed by atoms with E-state index in [0.717, 1.165) is 0 Å². The Hall–Kier alpha value is -1.63. The molecule has 0 amide bonds. The van der Waals surface area contributed by atoms with Gasteiger partial charge in [0.1, 0.15) is 0 Å². The maximum atomic E-state index is 10.7. The molecule has 94 valence electrons. The van der Waals surface area contributed by atoms with Gasteiger partial charge in [-0.3, -0.25) is 9.59 Å². The highest BCUT2D eigenvalue weighted by Crippen LogP contribution is 2.27. The minimum absolute atomic E-state index is 0.0374. The molecule has 0 saturated carbocycles. The van der Waals surface area contributed by atoms with Crippen LogP contribution in [-0.2, 0) is 9.59 Å². The number of aliphatic carboxylic acids is 2. The van der Waals surface area contributed by atoms with Crippen LogP contribution in [0.5, 0.6) is 0 Å². The standard InChI is InChI=1S/C10H14N2O4S/c11-10-12-7(5-17-10)6(4-9(15)16)2-1-3-8(13)14/h5-6H,1-4H2,(H2,11,12)(H,13,14)(H,15,16). The highest BCUT2D eigenvalue weighted by Gasteiger charge is 2.18. The van der Waals surface area contributed by atoms with Crippen LogP contribution in [0.4, 0.5) is 5.13 Å². The van der Waals surface area contributed by atoms with Crippen molar-refractivity contribution in [1.29, 1.82) is 0 Å². The van der Waals surface area contributed by atoms with Gasteiger partial charge in [-0.1, -0.05) is 0 Å². The van der Waals surface area contributed by atoms with Crippen LogP contribution in [0.3, 0.4) is 0 Å². The van der Waals surface area contributed by atoms with E-state index < -0.39 is 11.9 Å². The molecule has 1 heterocycles. The second-order valence-corrected chi connectivity index (χ2v) is 4.58. The van der Waals surface area contributed by atoms with Crippen molar-refractivity contribution in [2.24, 2.45) is 0 Å². The number of thiazole rings is 1. The van der Waals surface area contributed by atoms with Gasteiger partial charge in [0.25, 0.3) is 0 Å². The summed E-state index contributed by atoms with van der Waals surface area (Å²) in [6.07, 6.45) is 0.908. The van der Waals surface area contributed by atoms with Gasteiger partial charge in [-0.25, -0.2) is 4.98 Å². The van der Waals surface area contributed by atoms with Crippen molar-refractivity contribution in [2.75, 3.05) is 5.73 Å². The Balaban J connectivity index is 2.60. The van der Waals surface area contributed by atoms with Crippen molar-refractivity contribution in [3.8, 4) is 0 Å². The molecule has 0 saturated heterocycles. The fourth-order valence-electron chi connectivity index (χ4n) is 1.55. The zero-order valence-corrected chi connectivity index (χ0v) is 9.94. The van der Waals surface area contributed by atoms with Gasteiger partial charge >= 0.3 is 11.9 Å². The van der Waals surface area contributed by atoms with Crippen molar-refractivity contribution in [2.45, 2.75) is 31.6 Å². The number of hydrogen-bond donors (Lipinski definition) is 3. The number of carboxylic acid groups (broad SMARTS) is 2. The van der Waals surface area contributed by atoms with Crippen LogP contribution in [0.15, 0.2) is 5.38 Å². The summed E-state index contributed by atoms with van der Waals surface area (Å²) in [4.78, 5) is 25.2. The first-order valence-corrected chi connectivity index (χ1v) is 6.01. The van der Waals surface area contributed by atoms with Crippen LogP contribution in [0.1, 0.15) is 37.3 Å². The Morgan fingerprint density at radius 2 is 2.12 bits per heavy atom. The first kappa shape index (κ1) is 13.4. The van der Waals surface area contributed by atoms with E-state index in [0.29, 0.717) is 23.7 Å². The lowest BCUT2D eigenvalue weighted by Crippen LogP contribution is -2.08. The normalized spacial score (nSPS) is 12.2. The quantitative estimate of drug-likeness (QED) is 0.683. The summed E-state index contributed by atoms with van der Waals surface area (Å²) >= 11 is 1.26. The average molecular weight is 258 g/mol. The van der Waals surface area contributed by atoms with Gasteiger partial charge in [-0.15, -0.1) is 11.3 Å². The van der Waals surface area contributed by atoms with Gasteiger partial charge < -0.3 is 15.9 Å². The topological polar surface area (TPSA) is 114 Å². The van der Waals surface area contributed by atoms with Crippen molar-refractivity contribution in [3.05, 3.63) is 11.1 Å². The van der Waals surface area contributed by atoms with E-state index in [2.05, 4.69) is 4.98 Å². The zero-order valence-electron chi connectivity index (χ0n) is 9.13. The molecule has 1 aromatic heterocycles. The molecule has 1 rings (SSSR count). The predicted octanol–water partition coefficient (Wildman–Crippen LogP) is 1.54. The van der Waals surface area contributed by atoms with Crippen LogP contribution >= 0.6 is 11.3 Å². The Kier molecular flexibility index (Phi) is 4.89. The SMILES string of the molecule is Nc1nc(C(CCCC(=O)O)CC(=O)O)cs1. The van der Waals surface area contributed by atoms with Crippen LogP contribution in [0.25, 0.3) is 0 Å². The van der Waals surface area contributed by atoms with Crippen LogP contribution < -0.4 is 5.73 Å². The number of nitrogens with zero attached hydrogens (tertiary/aromatic N) is 1. The molecule has 0 spiro atoms. The summed E-state index contributed by atoms with van der Waals surface area (Å²) in [6.45, 7) is 0. The summed E-state index contributed by atoms with van der Waals surface area (Å²) in [5, 5.41) is 19.4. The van der Waals surface area contributed by atoms with Gasteiger partial charge in [0.2, 0.25) is 0 Å². The minimum Gasteiger partial charge on any atom is -0.481 e. The molecule has 0 aliphatic carbocycles. The smallest absolute Gasteiger partial charge is 0.304 e. The van der Waals surface area contributed by atoms with Crippen molar-refractivity contribution in [1.82, 2.24) is 4.98 Å². The molecule has 0 fully saturated rings. The lowest BCUT2D eigenvalue weighted by Gasteiger charge is -2.11. The minimum atomic E-state index is -0.920. The van der Waals surface area contributed by atoms with E-state index in [1.165, 1.54) is 11.3 Å². The zero-order chi connectivity index (χ0) is 12.8. The fraction of sp³-hybridized carbons (Fsp3) is 0.500. The number of nitrogens with two attached hydrogens (primary N) is 1. The summed E-state index contributed by atoms with van der Waals surface area (Å²) in [7, 11) is 0. The fourth-order valence-corrected chi connectivity index (χ4v) is 2.20. The first-order valence-electron chi connectivity index (χ1n) is 5.13. The maximum absolute atomic E-state index is 10.7. The number of anilines is 1. The Labute approximate surface area is 102 Å². The van der Waals surface area contributed by atoms with Crippen LogP contribution in [-0.4, -0.2) is 27.1 Å². The van der Waals surface area contributed by atoms with E-state index in [1.807, 2.05) is 0 Å². The van der Waals surface area contributed by atoms with Crippen LogP contribution in [0, 0.1) is 0 Å². The van der Waals surface area contributed by atoms with E-state index in [1.54, 1.807) is 5.38 Å². The molecule has 1 unspecified atom stereocenters. The number of hydrogen-bond acceptors (Lipinski definition) is 5. The summed E-state index contributed by atoms with van der Waals surface area (Å²) in [5.74, 6) is -2.06. The first-order chi connectivity index (χ1) is 7.99. The molecular weight excluding hydrogens is 244 g/mol. The average Bonchev–Trinajstić information content (AvgIpc) is 2.62. The van der Waals surface area contributed by atoms with Crippen LogP contribution in [0.2, 0.25) is 0 Å². The molecule has 17 heavy (non-hydrogen) atoms. The summed E-state index contributed by atoms with van der Waals surface area (Å²) in [6, 6.07) is 0. The molecule has 7 heteroatoms. The number of aromatic nitrogens is 1. The Morgan fingerprint density at radius 1 is 1.41 bits per heavy atom. The predicted molar refractivity (Wildman–Crippen MR) is 63.0 cm³/mol. The molecule has 1 atom stereocenters. The molecule has 1 aromatic rings. The largest absolute Gasteiger partial charge is 0.481 e. The third kappa shape index (κ3) is 4.81. The van der Waals surface area contributed by atoms with Gasteiger partial charge in [0, 0.05) is 17.7 Å². The third-order valence-corrected chi connectivity index (χ3v) is 3.01. The lowest BCUT2D eigenvalue weighted by molar-refractivity contribution is -0.137. The lowest BCUT2D eigenvalue weighted by atomic mass is 9.96. The second kappa shape index (κ2) is 6.19. The van der Waals surface area contributed by atoms with Crippen molar-refractivity contribution >= 4 is 28.4 Å². The van der Waals surface area contributed by atoms with E-state index >= 15 is 0 Å². The van der Waals surface area contributed by atoms with Gasteiger partial charge in [-0.05, 0) is 12.8 Å². The number of carbonyl (C=O) groups is 2. The molecule has 4 N–H and O–H groups in total. The summed E-state index contributed by atoms with van der Waals surface area (Å²) < 4.78 is 0. The van der Waals surface area contributed by atoms with Crippen molar-refractivity contribution < 1.29 is 19.8 Å². The van der Waals surface area contributed by atoms with E-state index in [-0.39, 0.29) is 18.8 Å². The molecule has 0 aliphatic heterocycles. The summed E-state index contributed by atoms with van der Waals surface area (Å²) in [5.41, 5.74) is 6.13. The Bertz CT molecular complexity index is 405. The molecule has 0 bridgehead atoms. The van der Waals surface area contributed by atoms with E-state index in [4.69, 9.17) is 15.9 Å². The second-order valence-electron chi connectivity index (χ2n) is 3.69. The third-order valence-electron chi connectivity index (χ3n) is 2.32. The molecule has 0 aliphatic rings.